The van der Waals surface area contributed by atoms with Gasteiger partial charge in [0.25, 0.3) is 0 Å². The fraction of sp³-hybridized carbons (Fsp3) is 0.606. The van der Waals surface area contributed by atoms with Crippen molar-refractivity contribution in [2.24, 2.45) is 17.3 Å². The summed E-state index contributed by atoms with van der Waals surface area (Å²) in [4.78, 5) is 49.0. The molecular weight excluding hydrogens is 534 g/mol. The molecule has 4 aliphatic rings. The first-order valence-electron chi connectivity index (χ1n) is 14.9. The van der Waals surface area contributed by atoms with E-state index in [1.165, 1.54) is 0 Å². The average Bonchev–Trinajstić information content (AvgIpc) is 3.21. The number of benzene rings is 1. The second-order valence-electron chi connectivity index (χ2n) is 13.9. The normalized spacial score (nSPS) is 30.7. The highest BCUT2D eigenvalue weighted by atomic mass is 32.2. The summed E-state index contributed by atoms with van der Waals surface area (Å²) in [7, 11) is 0. The largest absolute Gasteiger partial charge is 0.394 e. The van der Waals surface area contributed by atoms with Gasteiger partial charge in [-0.1, -0.05) is 82.3 Å². The van der Waals surface area contributed by atoms with Crippen LogP contribution in [0.15, 0.2) is 54.6 Å². The Morgan fingerprint density at radius 3 is 2.34 bits per heavy atom. The number of fused-ring (bicyclic) bond motifs is 2. The van der Waals surface area contributed by atoms with Gasteiger partial charge in [-0.25, -0.2) is 0 Å². The van der Waals surface area contributed by atoms with Gasteiger partial charge in [-0.15, -0.1) is 11.8 Å². The SMILES string of the molecule is CC[C@@H](CO)N1C(=O)[C@@H]2[C@@H]3C(=O)N(Cc4ccccc4)CC=C[C@@H]3S[C@@]23C=CCN(C(C)(C)CC(C)(C)C)C(=O)C13. The van der Waals surface area contributed by atoms with Gasteiger partial charge in [0.05, 0.1) is 29.2 Å². The summed E-state index contributed by atoms with van der Waals surface area (Å²) < 4.78 is -0.881. The summed E-state index contributed by atoms with van der Waals surface area (Å²) in [5, 5.41) is 10.2. The highest BCUT2D eigenvalue weighted by Crippen LogP contribution is 2.61. The number of nitrogens with zero attached hydrogens (tertiary/aromatic N) is 3. The van der Waals surface area contributed by atoms with E-state index >= 15 is 0 Å². The first kappa shape index (κ1) is 29.9. The molecule has 1 aromatic rings. The van der Waals surface area contributed by atoms with E-state index < -0.39 is 34.2 Å². The molecule has 0 aliphatic carbocycles. The van der Waals surface area contributed by atoms with Crippen molar-refractivity contribution >= 4 is 29.5 Å². The van der Waals surface area contributed by atoms with Gasteiger partial charge >= 0.3 is 0 Å². The number of carbonyl (C=O) groups is 3. The Morgan fingerprint density at radius 2 is 1.71 bits per heavy atom. The van der Waals surface area contributed by atoms with Gasteiger partial charge in [0.2, 0.25) is 17.7 Å². The summed E-state index contributed by atoms with van der Waals surface area (Å²) in [6.07, 6.45) is 9.54. The maximum Gasteiger partial charge on any atom is 0.247 e. The third-order valence-electron chi connectivity index (χ3n) is 9.17. The Bertz CT molecular complexity index is 1230. The van der Waals surface area contributed by atoms with Crippen LogP contribution in [-0.2, 0) is 20.9 Å². The van der Waals surface area contributed by atoms with Gasteiger partial charge < -0.3 is 19.8 Å². The monoisotopic (exact) mass is 579 g/mol. The molecule has 0 radical (unpaired) electrons. The number of hydrogen-bond donors (Lipinski definition) is 1. The van der Waals surface area contributed by atoms with Crippen LogP contribution >= 0.6 is 11.8 Å². The lowest BCUT2D eigenvalue weighted by atomic mass is 9.77. The fourth-order valence-electron chi connectivity index (χ4n) is 7.82. The van der Waals surface area contributed by atoms with Gasteiger partial charge in [0.15, 0.2) is 0 Å². The van der Waals surface area contributed by atoms with Crippen molar-refractivity contribution in [3.05, 3.63) is 60.2 Å². The molecule has 4 heterocycles. The van der Waals surface area contributed by atoms with Crippen molar-refractivity contribution in [2.45, 2.75) is 88.5 Å². The molecule has 4 aliphatic heterocycles. The molecule has 7 nitrogen and oxygen atoms in total. The predicted octanol–water partition coefficient (Wildman–Crippen LogP) is 4.27. The Kier molecular flexibility index (Phi) is 7.96. The molecule has 0 aromatic heterocycles. The van der Waals surface area contributed by atoms with Crippen LogP contribution in [0.5, 0.6) is 0 Å². The third kappa shape index (κ3) is 5.16. The number of aliphatic hydroxyl groups excluding tert-OH is 1. The first-order valence-corrected chi connectivity index (χ1v) is 15.8. The van der Waals surface area contributed by atoms with Crippen LogP contribution in [0.4, 0.5) is 0 Å². The van der Waals surface area contributed by atoms with Crippen molar-refractivity contribution in [3.8, 4) is 0 Å². The highest BCUT2D eigenvalue weighted by Gasteiger charge is 2.72. The molecule has 3 amide bonds. The van der Waals surface area contributed by atoms with Crippen LogP contribution in [0.2, 0.25) is 0 Å². The summed E-state index contributed by atoms with van der Waals surface area (Å²) in [5.41, 5.74) is 0.587. The van der Waals surface area contributed by atoms with Crippen molar-refractivity contribution < 1.29 is 19.5 Å². The molecule has 0 saturated carbocycles. The Labute approximate surface area is 249 Å². The zero-order chi connectivity index (χ0) is 29.7. The molecule has 1 N–H and O–H groups in total. The number of likely N-dealkylation sites (tertiary alicyclic amines) is 1. The standard InChI is InChI=1S/C33H45N3O4S/c1-7-23(20-37)36-27-30(40)35(32(5,6)21-31(2,3)4)18-12-16-33(27)26(29(36)39)25-24(41-33)15-11-17-34(28(25)38)19-22-13-9-8-10-14-22/h8-16,23-27,37H,7,17-21H2,1-6H3/t23-,24-,25+,26-,27?,33-/m0/s1. The lowest BCUT2D eigenvalue weighted by molar-refractivity contribution is -0.149. The molecule has 5 rings (SSSR count). The number of aliphatic hydroxyl groups is 1. The van der Waals surface area contributed by atoms with E-state index in [-0.39, 0.29) is 35.0 Å². The van der Waals surface area contributed by atoms with E-state index in [1.807, 2.05) is 59.2 Å². The molecule has 2 fully saturated rings. The van der Waals surface area contributed by atoms with Gasteiger partial charge in [0, 0.05) is 30.4 Å². The number of carbonyl (C=O) groups excluding carboxylic acids is 3. The van der Waals surface area contributed by atoms with Gasteiger partial charge in [-0.05, 0) is 37.7 Å². The Hall–Kier alpha value is -2.58. The van der Waals surface area contributed by atoms with Gasteiger partial charge in [0.1, 0.15) is 6.04 Å². The maximum absolute atomic E-state index is 14.7. The summed E-state index contributed by atoms with van der Waals surface area (Å²) >= 11 is 1.60. The predicted molar refractivity (Wildman–Crippen MR) is 163 cm³/mol. The van der Waals surface area contributed by atoms with Crippen molar-refractivity contribution in [1.29, 1.82) is 0 Å². The van der Waals surface area contributed by atoms with E-state index in [2.05, 4.69) is 46.8 Å². The second kappa shape index (κ2) is 10.9. The van der Waals surface area contributed by atoms with Crippen LogP contribution in [0.3, 0.4) is 0 Å². The quantitative estimate of drug-likeness (QED) is 0.488. The van der Waals surface area contributed by atoms with E-state index in [0.29, 0.717) is 26.1 Å². The smallest absolute Gasteiger partial charge is 0.247 e. The number of hydrogen-bond acceptors (Lipinski definition) is 5. The molecule has 222 valence electrons. The minimum absolute atomic E-state index is 0.00299. The van der Waals surface area contributed by atoms with Crippen LogP contribution < -0.4 is 0 Å². The molecule has 0 bridgehead atoms. The summed E-state index contributed by atoms with van der Waals surface area (Å²) in [5.74, 6) is -1.58. The number of thioether (sulfide) groups is 1. The second-order valence-corrected chi connectivity index (χ2v) is 15.4. The number of amides is 3. The van der Waals surface area contributed by atoms with Crippen molar-refractivity contribution in [3.63, 3.8) is 0 Å². The van der Waals surface area contributed by atoms with Gasteiger partial charge in [-0.2, -0.15) is 0 Å². The Balaban J connectivity index is 1.57. The molecule has 1 spiro atoms. The minimum Gasteiger partial charge on any atom is -0.394 e. The zero-order valence-corrected chi connectivity index (χ0v) is 26.1. The molecule has 8 heteroatoms. The van der Waals surface area contributed by atoms with E-state index in [0.717, 1.165) is 12.0 Å². The fourth-order valence-corrected chi connectivity index (χ4v) is 9.81. The molecule has 1 aromatic carbocycles. The molecular formula is C33H45N3O4S. The highest BCUT2D eigenvalue weighted by molar-refractivity contribution is 8.02. The van der Waals surface area contributed by atoms with Gasteiger partial charge in [-0.3, -0.25) is 14.4 Å². The number of rotatable bonds is 7. The van der Waals surface area contributed by atoms with Crippen LogP contribution in [0.1, 0.15) is 59.9 Å². The van der Waals surface area contributed by atoms with Crippen LogP contribution in [-0.4, -0.2) is 84.8 Å². The van der Waals surface area contributed by atoms with E-state index in [9.17, 15) is 19.5 Å². The van der Waals surface area contributed by atoms with Crippen LogP contribution in [0.25, 0.3) is 0 Å². The lowest BCUT2D eigenvalue weighted by Gasteiger charge is -2.45. The zero-order valence-electron chi connectivity index (χ0n) is 25.2. The summed E-state index contributed by atoms with van der Waals surface area (Å²) in [6, 6.07) is 8.64. The van der Waals surface area contributed by atoms with E-state index in [4.69, 9.17) is 0 Å². The molecule has 1 unspecified atom stereocenters. The summed E-state index contributed by atoms with van der Waals surface area (Å²) in [6.45, 7) is 13.8. The van der Waals surface area contributed by atoms with Crippen molar-refractivity contribution in [1.82, 2.24) is 14.7 Å². The Morgan fingerprint density at radius 1 is 1.00 bits per heavy atom. The van der Waals surface area contributed by atoms with E-state index in [1.54, 1.807) is 16.7 Å². The molecule has 2 saturated heterocycles. The molecule has 41 heavy (non-hydrogen) atoms. The average molecular weight is 580 g/mol. The van der Waals surface area contributed by atoms with Crippen LogP contribution in [0, 0.1) is 17.3 Å². The lowest BCUT2D eigenvalue weighted by Crippen LogP contribution is -2.60. The maximum atomic E-state index is 14.7. The third-order valence-corrected chi connectivity index (χ3v) is 10.9. The molecule has 6 atom stereocenters. The first-order chi connectivity index (χ1) is 19.3. The minimum atomic E-state index is -0.881. The van der Waals surface area contributed by atoms with Crippen molar-refractivity contribution in [2.75, 3.05) is 19.7 Å². The topological polar surface area (TPSA) is 81.2 Å².